The minimum Gasteiger partial charge on any atom is -0.456 e. The lowest BCUT2D eigenvalue weighted by atomic mass is 9.96. The molecular weight excluding hydrogens is 615 g/mol. The average Bonchev–Trinajstić information content (AvgIpc) is 3.77. The average molecular weight is 642 g/mol. The number of hydrogen-bond acceptors (Lipinski definition) is 5. The molecule has 234 valence electrons. The first-order chi connectivity index (χ1) is 24.8. The van der Waals surface area contributed by atoms with Gasteiger partial charge in [-0.15, -0.1) is 0 Å². The van der Waals surface area contributed by atoms with Crippen LogP contribution in [0.4, 0.5) is 0 Å². The van der Waals surface area contributed by atoms with Crippen LogP contribution >= 0.6 is 0 Å². The fraction of sp³-hybridized carbons (Fsp3) is 0. The number of rotatable bonds is 5. The predicted octanol–water partition coefficient (Wildman–Crippen LogP) is 12.0. The van der Waals surface area contributed by atoms with Crippen LogP contribution in [-0.2, 0) is 0 Å². The molecule has 5 heteroatoms. The summed E-state index contributed by atoms with van der Waals surface area (Å²) in [6.45, 7) is 0. The van der Waals surface area contributed by atoms with Crippen LogP contribution < -0.4 is 0 Å². The van der Waals surface area contributed by atoms with Gasteiger partial charge >= 0.3 is 0 Å². The number of pyridine rings is 1. The highest BCUT2D eigenvalue weighted by atomic mass is 16.3. The Labute approximate surface area is 287 Å². The normalized spacial score (nSPS) is 11.6. The fourth-order valence-electron chi connectivity index (χ4n) is 7.05. The first-order valence-corrected chi connectivity index (χ1v) is 16.6. The summed E-state index contributed by atoms with van der Waals surface area (Å²) in [7, 11) is 0. The molecule has 0 aliphatic rings. The number of para-hydroxylation sites is 2. The standard InChI is InChI=1S/C45H27N3O2/c1-2-12-28(13-3-1)38-27-39(32-15-5-4-14-31(32)37-18-10-11-25-46-37)48-45(47-38)36-24-23-30(44-43(36)35-17-7-9-20-41(35)50-44)29-21-22-34-33-16-6-8-19-40(33)49-42(34)26-29/h1-27H. The molecule has 0 saturated carbocycles. The lowest BCUT2D eigenvalue weighted by Gasteiger charge is -2.13. The van der Waals surface area contributed by atoms with Crippen LogP contribution in [0, 0.1) is 0 Å². The number of furan rings is 2. The highest BCUT2D eigenvalue weighted by molar-refractivity contribution is 6.16. The lowest BCUT2D eigenvalue weighted by Crippen LogP contribution is -1.98. The molecule has 0 aliphatic heterocycles. The number of nitrogens with zero attached hydrogens (tertiary/aromatic N) is 3. The van der Waals surface area contributed by atoms with Crippen molar-refractivity contribution in [3.05, 3.63) is 164 Å². The molecule has 0 saturated heterocycles. The largest absolute Gasteiger partial charge is 0.456 e. The van der Waals surface area contributed by atoms with E-state index in [9.17, 15) is 0 Å². The van der Waals surface area contributed by atoms with E-state index in [1.165, 1.54) is 0 Å². The topological polar surface area (TPSA) is 65.0 Å². The number of benzene rings is 6. The first-order valence-electron chi connectivity index (χ1n) is 16.6. The molecule has 5 nitrogen and oxygen atoms in total. The second-order valence-corrected chi connectivity index (χ2v) is 12.4. The lowest BCUT2D eigenvalue weighted by molar-refractivity contribution is 0.668. The van der Waals surface area contributed by atoms with Crippen molar-refractivity contribution in [3.63, 3.8) is 0 Å². The van der Waals surface area contributed by atoms with E-state index < -0.39 is 0 Å². The van der Waals surface area contributed by atoms with Crippen molar-refractivity contribution in [1.29, 1.82) is 0 Å². The maximum Gasteiger partial charge on any atom is 0.161 e. The van der Waals surface area contributed by atoms with E-state index in [-0.39, 0.29) is 0 Å². The number of hydrogen-bond donors (Lipinski definition) is 0. The number of fused-ring (bicyclic) bond motifs is 6. The van der Waals surface area contributed by atoms with Crippen molar-refractivity contribution in [3.8, 4) is 56.3 Å². The van der Waals surface area contributed by atoms with Crippen LogP contribution in [0.2, 0.25) is 0 Å². The highest BCUT2D eigenvalue weighted by Gasteiger charge is 2.21. The molecule has 0 unspecified atom stereocenters. The monoisotopic (exact) mass is 641 g/mol. The van der Waals surface area contributed by atoms with Gasteiger partial charge in [0.05, 0.1) is 17.1 Å². The smallest absolute Gasteiger partial charge is 0.161 e. The van der Waals surface area contributed by atoms with Crippen LogP contribution in [0.5, 0.6) is 0 Å². The van der Waals surface area contributed by atoms with E-state index in [0.29, 0.717) is 5.82 Å². The van der Waals surface area contributed by atoms with Gasteiger partial charge in [-0.05, 0) is 60.2 Å². The van der Waals surface area contributed by atoms with Gasteiger partial charge in [-0.25, -0.2) is 9.97 Å². The van der Waals surface area contributed by atoms with Gasteiger partial charge in [-0.3, -0.25) is 4.98 Å². The van der Waals surface area contributed by atoms with Gasteiger partial charge < -0.3 is 8.83 Å². The third-order valence-corrected chi connectivity index (χ3v) is 9.40. The molecule has 0 aliphatic carbocycles. The predicted molar refractivity (Wildman–Crippen MR) is 202 cm³/mol. The first kappa shape index (κ1) is 28.2. The van der Waals surface area contributed by atoms with E-state index in [1.54, 1.807) is 0 Å². The molecule has 4 aromatic heterocycles. The Balaban J connectivity index is 1.22. The van der Waals surface area contributed by atoms with Gasteiger partial charge in [0.15, 0.2) is 5.82 Å². The van der Waals surface area contributed by atoms with Gasteiger partial charge in [0.1, 0.15) is 22.3 Å². The molecule has 0 atom stereocenters. The van der Waals surface area contributed by atoms with Crippen molar-refractivity contribution >= 4 is 43.9 Å². The maximum absolute atomic E-state index is 6.68. The van der Waals surface area contributed by atoms with E-state index in [0.717, 1.165) is 94.3 Å². The minimum atomic E-state index is 0.619. The van der Waals surface area contributed by atoms with Gasteiger partial charge in [0.2, 0.25) is 0 Å². The molecule has 0 amide bonds. The Morgan fingerprint density at radius 2 is 1.04 bits per heavy atom. The van der Waals surface area contributed by atoms with Crippen LogP contribution in [0.15, 0.2) is 173 Å². The van der Waals surface area contributed by atoms with Crippen molar-refractivity contribution in [2.75, 3.05) is 0 Å². The van der Waals surface area contributed by atoms with Crippen LogP contribution in [0.3, 0.4) is 0 Å². The zero-order valence-electron chi connectivity index (χ0n) is 26.7. The summed E-state index contributed by atoms with van der Waals surface area (Å²) in [5, 5.41) is 4.17. The third-order valence-electron chi connectivity index (χ3n) is 9.40. The number of aromatic nitrogens is 3. The minimum absolute atomic E-state index is 0.619. The zero-order valence-corrected chi connectivity index (χ0v) is 26.7. The summed E-state index contributed by atoms with van der Waals surface area (Å²) in [6, 6.07) is 53.5. The SMILES string of the molecule is c1ccc(-c2cc(-c3ccccc3-c3ccccn3)nc(-c3ccc(-c4ccc5c(c4)oc4ccccc45)c4oc5ccccc5c34)n2)cc1. The Hall–Kier alpha value is -6.85. The molecule has 0 radical (unpaired) electrons. The molecule has 0 spiro atoms. The Kier molecular flexibility index (Phi) is 6.42. The highest BCUT2D eigenvalue weighted by Crippen LogP contribution is 2.43. The van der Waals surface area contributed by atoms with Gasteiger partial charge in [-0.2, -0.15) is 0 Å². The maximum atomic E-state index is 6.68. The van der Waals surface area contributed by atoms with E-state index in [4.69, 9.17) is 18.8 Å². The van der Waals surface area contributed by atoms with Gasteiger partial charge in [0.25, 0.3) is 0 Å². The summed E-state index contributed by atoms with van der Waals surface area (Å²) >= 11 is 0. The van der Waals surface area contributed by atoms with E-state index >= 15 is 0 Å². The summed E-state index contributed by atoms with van der Waals surface area (Å²) < 4.78 is 13.0. The Bertz CT molecular complexity index is 2870. The second kappa shape index (κ2) is 11.4. The summed E-state index contributed by atoms with van der Waals surface area (Å²) in [6.07, 6.45) is 1.82. The second-order valence-electron chi connectivity index (χ2n) is 12.4. The third kappa shape index (κ3) is 4.60. The Morgan fingerprint density at radius 3 is 1.86 bits per heavy atom. The molecule has 50 heavy (non-hydrogen) atoms. The van der Waals surface area contributed by atoms with Crippen LogP contribution in [0.1, 0.15) is 0 Å². The van der Waals surface area contributed by atoms with Crippen LogP contribution in [0.25, 0.3) is 100 Å². The van der Waals surface area contributed by atoms with Crippen molar-refractivity contribution in [2.45, 2.75) is 0 Å². The molecule has 0 fully saturated rings. The fourth-order valence-corrected chi connectivity index (χ4v) is 7.05. The van der Waals surface area contributed by atoms with Gasteiger partial charge in [0, 0.05) is 55.6 Å². The van der Waals surface area contributed by atoms with Gasteiger partial charge in [-0.1, -0.05) is 103 Å². The van der Waals surface area contributed by atoms with Crippen molar-refractivity contribution < 1.29 is 8.83 Å². The molecule has 0 N–H and O–H groups in total. The van der Waals surface area contributed by atoms with Crippen LogP contribution in [-0.4, -0.2) is 15.0 Å². The summed E-state index contributed by atoms with van der Waals surface area (Å²) in [5.74, 6) is 0.619. The Morgan fingerprint density at radius 1 is 0.380 bits per heavy atom. The molecule has 10 rings (SSSR count). The zero-order chi connectivity index (χ0) is 33.0. The van der Waals surface area contributed by atoms with E-state index in [1.807, 2.05) is 91.1 Å². The van der Waals surface area contributed by atoms with E-state index in [2.05, 4.69) is 77.8 Å². The van der Waals surface area contributed by atoms with Crippen molar-refractivity contribution in [2.24, 2.45) is 0 Å². The summed E-state index contributed by atoms with van der Waals surface area (Å²) in [5.41, 5.74) is 11.7. The van der Waals surface area contributed by atoms with Crippen molar-refractivity contribution in [1.82, 2.24) is 15.0 Å². The molecule has 4 heterocycles. The summed E-state index contributed by atoms with van der Waals surface area (Å²) in [4.78, 5) is 15.2. The molecule has 6 aromatic carbocycles. The molecule has 10 aromatic rings. The molecule has 0 bridgehead atoms. The quantitative estimate of drug-likeness (QED) is 0.187. The molecular formula is C45H27N3O2.